The maximum absolute atomic E-state index is 13.2. The van der Waals surface area contributed by atoms with Crippen molar-refractivity contribution in [1.82, 2.24) is 9.80 Å². The second kappa shape index (κ2) is 6.09. The molecule has 2 rings (SSSR count). The molecule has 0 aliphatic carbocycles. The predicted molar refractivity (Wildman–Crippen MR) is 74.0 cm³/mol. The van der Waals surface area contributed by atoms with Gasteiger partial charge in [0.25, 0.3) is 0 Å². The van der Waals surface area contributed by atoms with Crippen molar-refractivity contribution in [1.29, 1.82) is 0 Å². The lowest BCUT2D eigenvalue weighted by atomic mass is 10.3. The maximum Gasteiger partial charge on any atom is 0.323 e. The Labute approximate surface area is 121 Å². The van der Waals surface area contributed by atoms with E-state index in [1.54, 1.807) is 11.8 Å². The van der Waals surface area contributed by atoms with Gasteiger partial charge in [0, 0.05) is 30.2 Å². The van der Waals surface area contributed by atoms with E-state index in [1.165, 1.54) is 17.0 Å². The van der Waals surface area contributed by atoms with Crippen LogP contribution in [0.25, 0.3) is 0 Å². The number of amides is 3. The number of carbonyl (C=O) groups excluding carboxylic acids is 2. The van der Waals surface area contributed by atoms with E-state index in [9.17, 15) is 14.0 Å². The summed E-state index contributed by atoms with van der Waals surface area (Å²) < 4.78 is 13.2. The van der Waals surface area contributed by atoms with Gasteiger partial charge in [0.1, 0.15) is 5.82 Å². The SMILES string of the molecule is CCC(=O)N1CCN(C(=O)Nc2cc(F)cc(Cl)c2)C1. The Morgan fingerprint density at radius 2 is 2.00 bits per heavy atom. The number of nitrogens with zero attached hydrogens (tertiary/aromatic N) is 2. The molecule has 0 aromatic heterocycles. The Morgan fingerprint density at radius 3 is 2.65 bits per heavy atom. The quantitative estimate of drug-likeness (QED) is 0.912. The van der Waals surface area contributed by atoms with Crippen molar-refractivity contribution in [2.75, 3.05) is 25.1 Å². The molecule has 3 amide bonds. The highest BCUT2D eigenvalue weighted by Crippen LogP contribution is 2.19. The molecule has 0 unspecified atom stereocenters. The Kier molecular flexibility index (Phi) is 4.44. The van der Waals surface area contributed by atoms with Crippen LogP contribution in [-0.4, -0.2) is 41.5 Å². The molecule has 0 atom stereocenters. The first-order valence-corrected chi connectivity index (χ1v) is 6.67. The van der Waals surface area contributed by atoms with E-state index in [0.29, 0.717) is 25.2 Å². The lowest BCUT2D eigenvalue weighted by Gasteiger charge is -2.18. The zero-order chi connectivity index (χ0) is 14.7. The lowest BCUT2D eigenvalue weighted by Crippen LogP contribution is -2.36. The largest absolute Gasteiger partial charge is 0.323 e. The van der Waals surface area contributed by atoms with Crippen LogP contribution in [0.2, 0.25) is 5.02 Å². The summed E-state index contributed by atoms with van der Waals surface area (Å²) in [4.78, 5) is 26.6. The summed E-state index contributed by atoms with van der Waals surface area (Å²) in [6.07, 6.45) is 0.412. The summed E-state index contributed by atoms with van der Waals surface area (Å²) in [6, 6.07) is 3.44. The second-order valence-electron chi connectivity index (χ2n) is 4.50. The summed E-state index contributed by atoms with van der Waals surface area (Å²) >= 11 is 5.72. The molecule has 0 radical (unpaired) electrons. The number of hydrogen-bond donors (Lipinski definition) is 1. The van der Waals surface area contributed by atoms with E-state index >= 15 is 0 Å². The molecule has 1 aromatic rings. The highest BCUT2D eigenvalue weighted by atomic mass is 35.5. The van der Waals surface area contributed by atoms with Crippen molar-refractivity contribution in [3.8, 4) is 0 Å². The van der Waals surface area contributed by atoms with Crippen molar-refractivity contribution < 1.29 is 14.0 Å². The molecule has 108 valence electrons. The first-order valence-electron chi connectivity index (χ1n) is 6.29. The average Bonchev–Trinajstić information content (AvgIpc) is 2.86. The van der Waals surface area contributed by atoms with Crippen molar-refractivity contribution in [2.45, 2.75) is 13.3 Å². The van der Waals surface area contributed by atoms with Gasteiger partial charge in [-0.3, -0.25) is 4.79 Å². The predicted octanol–water partition coefficient (Wildman–Crippen LogP) is 2.52. The van der Waals surface area contributed by atoms with E-state index in [-0.39, 0.29) is 23.6 Å². The normalized spacial score (nSPS) is 14.6. The summed E-state index contributed by atoms with van der Waals surface area (Å²) in [5.74, 6) is -0.508. The molecule has 0 saturated carbocycles. The van der Waals surface area contributed by atoms with Gasteiger partial charge >= 0.3 is 6.03 Å². The highest BCUT2D eigenvalue weighted by molar-refractivity contribution is 6.30. The topological polar surface area (TPSA) is 52.7 Å². The third kappa shape index (κ3) is 3.39. The molecule has 0 bridgehead atoms. The van der Waals surface area contributed by atoms with Crippen LogP contribution in [0.1, 0.15) is 13.3 Å². The monoisotopic (exact) mass is 299 g/mol. The Balaban J connectivity index is 1.97. The zero-order valence-electron chi connectivity index (χ0n) is 11.0. The molecule has 5 nitrogen and oxygen atoms in total. The number of rotatable bonds is 2. The fraction of sp³-hybridized carbons (Fsp3) is 0.385. The molecule has 1 fully saturated rings. The molecule has 1 aliphatic rings. The molecule has 1 saturated heterocycles. The zero-order valence-corrected chi connectivity index (χ0v) is 11.8. The highest BCUT2D eigenvalue weighted by Gasteiger charge is 2.26. The van der Waals surface area contributed by atoms with Gasteiger partial charge in [-0.1, -0.05) is 18.5 Å². The van der Waals surface area contributed by atoms with Crippen molar-refractivity contribution in [3.63, 3.8) is 0 Å². The summed E-state index contributed by atoms with van der Waals surface area (Å²) in [6.45, 7) is 3.01. The maximum atomic E-state index is 13.2. The third-order valence-corrected chi connectivity index (χ3v) is 3.26. The van der Waals surface area contributed by atoms with Crippen LogP contribution in [0.15, 0.2) is 18.2 Å². The third-order valence-electron chi connectivity index (χ3n) is 3.04. The number of urea groups is 1. The minimum Gasteiger partial charge on any atom is -0.323 e. The molecule has 0 spiro atoms. The molecular formula is C13H15ClFN3O2. The van der Waals surface area contributed by atoms with Crippen LogP contribution < -0.4 is 5.32 Å². The number of hydrogen-bond acceptors (Lipinski definition) is 2. The number of benzene rings is 1. The smallest absolute Gasteiger partial charge is 0.323 e. The van der Waals surface area contributed by atoms with Gasteiger partial charge in [-0.2, -0.15) is 0 Å². The molecule has 7 heteroatoms. The van der Waals surface area contributed by atoms with Gasteiger partial charge in [-0.05, 0) is 18.2 Å². The molecule has 1 aromatic carbocycles. The standard InChI is InChI=1S/C13H15ClFN3O2/c1-2-12(19)17-3-4-18(8-17)13(20)16-11-6-9(14)5-10(15)7-11/h5-7H,2-4,8H2,1H3,(H,16,20). The van der Waals surface area contributed by atoms with Crippen LogP contribution in [-0.2, 0) is 4.79 Å². The van der Waals surface area contributed by atoms with Gasteiger partial charge in [-0.15, -0.1) is 0 Å². The van der Waals surface area contributed by atoms with E-state index in [2.05, 4.69) is 5.32 Å². The summed E-state index contributed by atoms with van der Waals surface area (Å²) in [5, 5.41) is 2.78. The number of anilines is 1. The van der Waals surface area contributed by atoms with E-state index in [1.807, 2.05) is 0 Å². The van der Waals surface area contributed by atoms with Crippen molar-refractivity contribution >= 4 is 29.2 Å². The van der Waals surface area contributed by atoms with Crippen LogP contribution >= 0.6 is 11.6 Å². The lowest BCUT2D eigenvalue weighted by molar-refractivity contribution is -0.130. The van der Waals surface area contributed by atoms with Crippen LogP contribution in [0.5, 0.6) is 0 Å². The fourth-order valence-electron chi connectivity index (χ4n) is 2.01. The average molecular weight is 300 g/mol. The van der Waals surface area contributed by atoms with E-state index < -0.39 is 5.82 Å². The summed E-state index contributed by atoms with van der Waals surface area (Å²) in [5.41, 5.74) is 0.292. The minimum atomic E-state index is -0.517. The number of nitrogens with one attached hydrogen (secondary N) is 1. The molecule has 1 aliphatic heterocycles. The van der Waals surface area contributed by atoms with Crippen LogP contribution in [0.4, 0.5) is 14.9 Å². The van der Waals surface area contributed by atoms with Gasteiger partial charge in [0.05, 0.1) is 6.67 Å². The first-order chi connectivity index (χ1) is 9.49. The van der Waals surface area contributed by atoms with Gasteiger partial charge in [0.2, 0.25) is 5.91 Å². The van der Waals surface area contributed by atoms with Gasteiger partial charge in [-0.25, -0.2) is 9.18 Å². The Hall–Kier alpha value is -1.82. The minimum absolute atomic E-state index is 0.00843. The molecule has 20 heavy (non-hydrogen) atoms. The first kappa shape index (κ1) is 14.6. The number of halogens is 2. The van der Waals surface area contributed by atoms with E-state index in [0.717, 1.165) is 6.07 Å². The van der Waals surface area contributed by atoms with Crippen molar-refractivity contribution in [2.24, 2.45) is 0 Å². The molecular weight excluding hydrogens is 285 g/mol. The fourth-order valence-corrected chi connectivity index (χ4v) is 2.23. The van der Waals surface area contributed by atoms with Crippen molar-refractivity contribution in [3.05, 3.63) is 29.0 Å². The Morgan fingerprint density at radius 1 is 1.30 bits per heavy atom. The molecule has 1 N–H and O–H groups in total. The summed E-state index contributed by atoms with van der Waals surface area (Å²) in [7, 11) is 0. The van der Waals surface area contributed by atoms with Gasteiger partial charge < -0.3 is 15.1 Å². The molecule has 1 heterocycles. The Bertz CT molecular complexity index is 518. The number of carbonyl (C=O) groups is 2. The van der Waals surface area contributed by atoms with Crippen LogP contribution in [0, 0.1) is 5.82 Å². The van der Waals surface area contributed by atoms with Crippen LogP contribution in [0.3, 0.4) is 0 Å². The second-order valence-corrected chi connectivity index (χ2v) is 4.94. The van der Waals surface area contributed by atoms with Gasteiger partial charge in [0.15, 0.2) is 0 Å². The van der Waals surface area contributed by atoms with E-state index in [4.69, 9.17) is 11.6 Å².